The zero-order valence-corrected chi connectivity index (χ0v) is 15.9. The van der Waals surface area contributed by atoms with Crippen LogP contribution in [0, 0.1) is 0 Å². The molecule has 2 N–H and O–H groups in total. The van der Waals surface area contributed by atoms with Gasteiger partial charge in [-0.1, -0.05) is 30.3 Å². The van der Waals surface area contributed by atoms with E-state index in [1.807, 2.05) is 30.3 Å². The van der Waals surface area contributed by atoms with Crippen molar-refractivity contribution in [2.75, 3.05) is 19.7 Å². The van der Waals surface area contributed by atoms with Crippen molar-refractivity contribution in [3.63, 3.8) is 0 Å². The SMILES string of the molecule is CCNC(=O)CNC(=O)COC(=O)Cn1c(=O)ccn(Cc2ccccc2)c1=O. The Labute approximate surface area is 166 Å². The molecule has 0 aliphatic heterocycles. The van der Waals surface area contributed by atoms with E-state index in [9.17, 15) is 24.0 Å². The molecule has 1 heterocycles. The summed E-state index contributed by atoms with van der Waals surface area (Å²) >= 11 is 0. The first-order chi connectivity index (χ1) is 13.9. The number of amides is 2. The lowest BCUT2D eigenvalue weighted by Crippen LogP contribution is -2.42. The highest BCUT2D eigenvalue weighted by molar-refractivity contribution is 5.86. The largest absolute Gasteiger partial charge is 0.454 e. The van der Waals surface area contributed by atoms with Crippen molar-refractivity contribution in [1.29, 1.82) is 0 Å². The molecule has 0 bridgehead atoms. The van der Waals surface area contributed by atoms with E-state index in [2.05, 4.69) is 10.6 Å². The second kappa shape index (κ2) is 10.6. The Hall–Kier alpha value is -3.69. The van der Waals surface area contributed by atoms with E-state index >= 15 is 0 Å². The van der Waals surface area contributed by atoms with Crippen LogP contribution in [0.5, 0.6) is 0 Å². The van der Waals surface area contributed by atoms with E-state index in [0.29, 0.717) is 6.54 Å². The Bertz CT molecular complexity index is 980. The summed E-state index contributed by atoms with van der Waals surface area (Å²) in [6.07, 6.45) is 1.36. The summed E-state index contributed by atoms with van der Waals surface area (Å²) in [5.74, 6) is -1.97. The predicted molar refractivity (Wildman–Crippen MR) is 103 cm³/mol. The molecule has 2 amide bonds. The third-order valence-electron chi connectivity index (χ3n) is 3.81. The van der Waals surface area contributed by atoms with Gasteiger partial charge in [-0.2, -0.15) is 0 Å². The zero-order valence-electron chi connectivity index (χ0n) is 15.9. The average molecular weight is 402 g/mol. The van der Waals surface area contributed by atoms with Crippen LogP contribution in [0.4, 0.5) is 0 Å². The molecular formula is C19H22N4O6. The fraction of sp³-hybridized carbons (Fsp3) is 0.316. The third kappa shape index (κ3) is 6.76. The quantitative estimate of drug-likeness (QED) is 0.510. The standard InChI is InChI=1S/C19H22N4O6/c1-2-20-15(24)10-21-16(25)13-29-18(27)12-23-17(26)8-9-22(19(23)28)11-14-6-4-3-5-7-14/h3-9H,2,10-13H2,1H3,(H,20,24)(H,21,25). The number of likely N-dealkylation sites (N-methyl/N-ethyl adjacent to an activating group) is 1. The summed E-state index contributed by atoms with van der Waals surface area (Å²) in [5, 5.41) is 4.78. The van der Waals surface area contributed by atoms with Gasteiger partial charge in [-0.25, -0.2) is 9.36 Å². The molecule has 0 aliphatic carbocycles. The molecule has 0 fully saturated rings. The van der Waals surface area contributed by atoms with Gasteiger partial charge in [0.25, 0.3) is 11.5 Å². The van der Waals surface area contributed by atoms with E-state index < -0.39 is 36.3 Å². The maximum atomic E-state index is 12.5. The molecule has 2 rings (SSSR count). The smallest absolute Gasteiger partial charge is 0.331 e. The van der Waals surface area contributed by atoms with Crippen LogP contribution in [0.15, 0.2) is 52.2 Å². The number of rotatable bonds is 9. The highest BCUT2D eigenvalue weighted by Crippen LogP contribution is 1.99. The lowest BCUT2D eigenvalue weighted by Gasteiger charge is -2.10. The minimum absolute atomic E-state index is 0.233. The molecule has 0 saturated carbocycles. The average Bonchev–Trinajstić information content (AvgIpc) is 2.71. The van der Waals surface area contributed by atoms with Gasteiger partial charge in [0.05, 0.1) is 13.1 Å². The van der Waals surface area contributed by atoms with Gasteiger partial charge in [-0.15, -0.1) is 0 Å². The number of nitrogens with zero attached hydrogens (tertiary/aromatic N) is 2. The monoisotopic (exact) mass is 402 g/mol. The highest BCUT2D eigenvalue weighted by atomic mass is 16.5. The van der Waals surface area contributed by atoms with Gasteiger partial charge in [-0.3, -0.25) is 23.7 Å². The van der Waals surface area contributed by atoms with E-state index in [0.717, 1.165) is 10.1 Å². The predicted octanol–water partition coefficient (Wildman–Crippen LogP) is -1.15. The first kappa shape index (κ1) is 21.6. The van der Waals surface area contributed by atoms with E-state index in [1.165, 1.54) is 16.8 Å². The maximum Gasteiger partial charge on any atom is 0.331 e. The minimum atomic E-state index is -0.921. The zero-order chi connectivity index (χ0) is 21.2. The van der Waals surface area contributed by atoms with Crippen LogP contribution in [0.2, 0.25) is 0 Å². The third-order valence-corrected chi connectivity index (χ3v) is 3.81. The van der Waals surface area contributed by atoms with E-state index in [1.54, 1.807) is 6.92 Å². The Morgan fingerprint density at radius 1 is 1.00 bits per heavy atom. The number of carbonyl (C=O) groups excluding carboxylic acids is 3. The number of hydrogen-bond acceptors (Lipinski definition) is 6. The minimum Gasteiger partial charge on any atom is -0.454 e. The molecule has 0 atom stereocenters. The van der Waals surface area contributed by atoms with Crippen LogP contribution in [0.3, 0.4) is 0 Å². The van der Waals surface area contributed by atoms with E-state index in [-0.39, 0.29) is 19.0 Å². The molecule has 0 spiro atoms. The van der Waals surface area contributed by atoms with Crippen molar-refractivity contribution in [1.82, 2.24) is 19.8 Å². The summed E-state index contributed by atoms with van der Waals surface area (Å²) in [4.78, 5) is 59.3. The van der Waals surface area contributed by atoms with Gasteiger partial charge >= 0.3 is 11.7 Å². The van der Waals surface area contributed by atoms with Gasteiger partial charge in [0.1, 0.15) is 6.54 Å². The van der Waals surface area contributed by atoms with Gasteiger partial charge in [0.15, 0.2) is 6.61 Å². The Morgan fingerprint density at radius 3 is 2.41 bits per heavy atom. The molecule has 0 unspecified atom stereocenters. The normalized spacial score (nSPS) is 10.2. The molecule has 1 aromatic carbocycles. The molecule has 10 nitrogen and oxygen atoms in total. The molecule has 29 heavy (non-hydrogen) atoms. The summed E-state index contributed by atoms with van der Waals surface area (Å²) in [7, 11) is 0. The van der Waals surface area contributed by atoms with Crippen molar-refractivity contribution in [3.8, 4) is 0 Å². The molecular weight excluding hydrogens is 380 g/mol. The molecule has 0 aliphatic rings. The number of carbonyl (C=O) groups is 3. The topological polar surface area (TPSA) is 128 Å². The van der Waals surface area contributed by atoms with Crippen LogP contribution in [0.25, 0.3) is 0 Å². The lowest BCUT2D eigenvalue weighted by atomic mass is 10.2. The van der Waals surface area contributed by atoms with Crippen LogP contribution in [-0.4, -0.2) is 46.6 Å². The van der Waals surface area contributed by atoms with Crippen LogP contribution in [-0.2, 0) is 32.2 Å². The molecule has 10 heteroatoms. The van der Waals surface area contributed by atoms with Gasteiger partial charge in [0, 0.05) is 18.8 Å². The number of hydrogen-bond donors (Lipinski definition) is 2. The summed E-state index contributed by atoms with van der Waals surface area (Å²) < 4.78 is 6.81. The summed E-state index contributed by atoms with van der Waals surface area (Å²) in [5.41, 5.74) is -0.470. The van der Waals surface area contributed by atoms with Gasteiger partial charge < -0.3 is 15.4 Å². The summed E-state index contributed by atoms with van der Waals surface area (Å²) in [6, 6.07) is 10.3. The lowest BCUT2D eigenvalue weighted by molar-refractivity contribution is -0.149. The maximum absolute atomic E-state index is 12.5. The number of aromatic nitrogens is 2. The number of esters is 1. The fourth-order valence-corrected chi connectivity index (χ4v) is 2.41. The van der Waals surface area contributed by atoms with Crippen molar-refractivity contribution in [3.05, 3.63) is 69.0 Å². The number of benzene rings is 1. The van der Waals surface area contributed by atoms with Gasteiger partial charge in [0.2, 0.25) is 5.91 Å². The first-order valence-corrected chi connectivity index (χ1v) is 8.94. The molecule has 2 aromatic rings. The fourth-order valence-electron chi connectivity index (χ4n) is 2.41. The first-order valence-electron chi connectivity index (χ1n) is 8.94. The second-order valence-electron chi connectivity index (χ2n) is 6.03. The van der Waals surface area contributed by atoms with Gasteiger partial charge in [-0.05, 0) is 12.5 Å². The van der Waals surface area contributed by atoms with Crippen LogP contribution in [0.1, 0.15) is 12.5 Å². The van der Waals surface area contributed by atoms with Crippen molar-refractivity contribution in [2.24, 2.45) is 0 Å². The Kier molecular flexibility index (Phi) is 7.89. The number of ether oxygens (including phenoxy) is 1. The molecule has 154 valence electrons. The van der Waals surface area contributed by atoms with Crippen molar-refractivity contribution < 1.29 is 19.1 Å². The Balaban J connectivity index is 1.95. The van der Waals surface area contributed by atoms with E-state index in [4.69, 9.17) is 4.74 Å². The number of nitrogens with one attached hydrogen (secondary N) is 2. The Morgan fingerprint density at radius 2 is 1.72 bits per heavy atom. The van der Waals surface area contributed by atoms with Crippen molar-refractivity contribution in [2.45, 2.75) is 20.0 Å². The molecule has 0 saturated heterocycles. The highest BCUT2D eigenvalue weighted by Gasteiger charge is 2.13. The van der Waals surface area contributed by atoms with Crippen LogP contribution < -0.4 is 21.9 Å². The second-order valence-corrected chi connectivity index (χ2v) is 6.03. The van der Waals surface area contributed by atoms with Crippen LogP contribution >= 0.6 is 0 Å². The summed E-state index contributed by atoms with van der Waals surface area (Å²) in [6.45, 7) is 0.900. The van der Waals surface area contributed by atoms with Crippen molar-refractivity contribution >= 4 is 17.8 Å². The molecule has 0 radical (unpaired) electrons. The molecule has 1 aromatic heterocycles.